The molecule has 2 unspecified atom stereocenters. The van der Waals surface area contributed by atoms with Gasteiger partial charge < -0.3 is 14.7 Å². The Kier molecular flexibility index (Phi) is 3.93. The molecular weight excluding hydrogens is 357 g/mol. The Bertz CT molecular complexity index is 975. The van der Waals surface area contributed by atoms with Crippen molar-refractivity contribution in [2.24, 2.45) is 7.05 Å². The number of halogens is 2. The highest BCUT2D eigenvalue weighted by Gasteiger charge is 2.38. The lowest BCUT2D eigenvalue weighted by Crippen LogP contribution is -2.59. The van der Waals surface area contributed by atoms with Crippen molar-refractivity contribution in [2.75, 3.05) is 43.5 Å². The molecule has 1 aromatic heterocycles. The van der Waals surface area contributed by atoms with Crippen LogP contribution in [0.15, 0.2) is 4.79 Å². The third kappa shape index (κ3) is 2.26. The van der Waals surface area contributed by atoms with Crippen molar-refractivity contribution in [3.63, 3.8) is 0 Å². The van der Waals surface area contributed by atoms with E-state index in [0.29, 0.717) is 21.8 Å². The summed E-state index contributed by atoms with van der Waals surface area (Å²) in [4.78, 5) is 23.4. The van der Waals surface area contributed by atoms with Crippen LogP contribution in [0, 0.1) is 12.7 Å². The van der Waals surface area contributed by atoms with Crippen molar-refractivity contribution in [3.8, 4) is 0 Å². The smallest absolute Gasteiger partial charge is 0.349 e. The molecule has 0 amide bonds. The number of hydrogen-bond donors (Lipinski definition) is 0. The SMILES string of the molecule is Cc1c(Cl)c2c3c(nc(=O)n(C)c3c1F)N1C(C)CN(C)CC1CN2C. The van der Waals surface area contributed by atoms with Crippen molar-refractivity contribution < 1.29 is 4.39 Å². The van der Waals surface area contributed by atoms with Gasteiger partial charge in [0.15, 0.2) is 5.82 Å². The molecule has 0 N–H and O–H groups in total. The van der Waals surface area contributed by atoms with Crippen LogP contribution in [0.3, 0.4) is 0 Å². The van der Waals surface area contributed by atoms with Crippen LogP contribution in [-0.2, 0) is 7.05 Å². The highest BCUT2D eigenvalue weighted by atomic mass is 35.5. The van der Waals surface area contributed by atoms with Gasteiger partial charge in [0.1, 0.15) is 5.82 Å². The topological polar surface area (TPSA) is 44.6 Å². The molecule has 4 rings (SSSR count). The quantitative estimate of drug-likeness (QED) is 0.700. The molecule has 6 nitrogen and oxygen atoms in total. The first-order chi connectivity index (χ1) is 12.2. The molecule has 0 saturated carbocycles. The first-order valence-electron chi connectivity index (χ1n) is 8.78. The zero-order valence-electron chi connectivity index (χ0n) is 15.7. The second kappa shape index (κ2) is 5.82. The molecule has 2 atom stereocenters. The van der Waals surface area contributed by atoms with E-state index < -0.39 is 11.5 Å². The number of likely N-dealkylation sites (N-methyl/N-ethyl adjacent to an activating group) is 2. The Morgan fingerprint density at radius 3 is 2.58 bits per heavy atom. The summed E-state index contributed by atoms with van der Waals surface area (Å²) in [6.45, 7) is 6.20. The lowest BCUT2D eigenvalue weighted by atomic mass is 10.1. The predicted molar refractivity (Wildman–Crippen MR) is 103 cm³/mol. The average molecular weight is 380 g/mol. The summed E-state index contributed by atoms with van der Waals surface area (Å²) in [7, 11) is 5.62. The Morgan fingerprint density at radius 2 is 1.88 bits per heavy atom. The summed E-state index contributed by atoms with van der Waals surface area (Å²) in [6, 6.07) is 0.299. The van der Waals surface area contributed by atoms with Gasteiger partial charge in [0, 0.05) is 45.3 Å². The fourth-order valence-electron chi connectivity index (χ4n) is 4.53. The van der Waals surface area contributed by atoms with Gasteiger partial charge >= 0.3 is 5.69 Å². The van der Waals surface area contributed by atoms with Crippen LogP contribution >= 0.6 is 11.6 Å². The molecule has 2 aromatic rings. The van der Waals surface area contributed by atoms with Gasteiger partial charge in [-0.3, -0.25) is 4.57 Å². The minimum atomic E-state index is -0.453. The molecule has 26 heavy (non-hydrogen) atoms. The third-order valence-corrected chi connectivity index (χ3v) is 6.14. The molecule has 2 aliphatic rings. The van der Waals surface area contributed by atoms with Gasteiger partial charge in [0.25, 0.3) is 0 Å². The Balaban J connectivity index is 2.17. The molecule has 0 aliphatic carbocycles. The second-order valence-electron chi connectivity index (χ2n) is 7.61. The van der Waals surface area contributed by atoms with E-state index in [9.17, 15) is 4.79 Å². The first kappa shape index (κ1) is 17.5. The van der Waals surface area contributed by atoms with Crippen LogP contribution < -0.4 is 15.5 Å². The third-order valence-electron chi connectivity index (χ3n) is 5.67. The number of aromatic nitrogens is 2. The normalized spacial score (nSPS) is 23.3. The van der Waals surface area contributed by atoms with E-state index in [1.807, 2.05) is 7.05 Å². The number of hydrogen-bond acceptors (Lipinski definition) is 5. The largest absolute Gasteiger partial charge is 0.371 e. The summed E-state index contributed by atoms with van der Waals surface area (Å²) in [6.07, 6.45) is 0. The number of rotatable bonds is 0. The van der Waals surface area contributed by atoms with Gasteiger partial charge in [-0.05, 0) is 20.9 Å². The molecule has 0 spiro atoms. The molecule has 0 bridgehead atoms. The van der Waals surface area contributed by atoms with Gasteiger partial charge in [0.05, 0.1) is 27.7 Å². The van der Waals surface area contributed by atoms with Crippen LogP contribution in [0.4, 0.5) is 15.9 Å². The Morgan fingerprint density at radius 1 is 1.19 bits per heavy atom. The standard InChI is InChI=1S/C18H23ClFN5O/c1-9-6-22(3)7-11-8-23(4)15-12-16(14(20)10(2)13(15)19)24(5)18(26)21-17(12)25(9)11/h9,11H,6-8H2,1-5H3. The van der Waals surface area contributed by atoms with Crippen LogP contribution in [0.1, 0.15) is 12.5 Å². The van der Waals surface area contributed by atoms with Crippen molar-refractivity contribution in [1.82, 2.24) is 14.5 Å². The van der Waals surface area contributed by atoms with Gasteiger partial charge in [-0.15, -0.1) is 0 Å². The highest BCUT2D eigenvalue weighted by Crippen LogP contribution is 2.44. The van der Waals surface area contributed by atoms with Crippen molar-refractivity contribution in [3.05, 3.63) is 26.9 Å². The number of piperazine rings is 1. The van der Waals surface area contributed by atoms with Crippen LogP contribution in [0.2, 0.25) is 5.02 Å². The lowest BCUT2D eigenvalue weighted by Gasteiger charge is -2.45. The zero-order valence-corrected chi connectivity index (χ0v) is 16.4. The molecule has 3 heterocycles. The monoisotopic (exact) mass is 379 g/mol. The predicted octanol–water partition coefficient (Wildman–Crippen LogP) is 1.99. The van der Waals surface area contributed by atoms with Gasteiger partial charge in [-0.1, -0.05) is 11.6 Å². The minimum Gasteiger partial charge on any atom is -0.371 e. The Hall–Kier alpha value is -1.86. The molecule has 1 saturated heterocycles. The van der Waals surface area contributed by atoms with E-state index in [0.717, 1.165) is 25.3 Å². The first-order valence-corrected chi connectivity index (χ1v) is 9.16. The van der Waals surface area contributed by atoms with E-state index in [2.05, 4.69) is 33.7 Å². The van der Waals surface area contributed by atoms with Gasteiger partial charge in [-0.2, -0.15) is 4.98 Å². The molecule has 140 valence electrons. The van der Waals surface area contributed by atoms with E-state index >= 15 is 4.39 Å². The highest BCUT2D eigenvalue weighted by molar-refractivity contribution is 6.36. The van der Waals surface area contributed by atoms with E-state index in [-0.39, 0.29) is 17.6 Å². The summed E-state index contributed by atoms with van der Waals surface area (Å²) in [5.41, 5.74) is 0.935. The van der Waals surface area contributed by atoms with Gasteiger partial charge in [-0.25, -0.2) is 9.18 Å². The summed E-state index contributed by atoms with van der Waals surface area (Å²) < 4.78 is 16.4. The number of aryl methyl sites for hydroxylation is 1. The maximum atomic E-state index is 15.1. The summed E-state index contributed by atoms with van der Waals surface area (Å²) in [5, 5.41) is 1.02. The lowest BCUT2D eigenvalue weighted by molar-refractivity contribution is 0.234. The average Bonchev–Trinajstić information content (AvgIpc) is 2.67. The van der Waals surface area contributed by atoms with Gasteiger partial charge in [0.2, 0.25) is 0 Å². The van der Waals surface area contributed by atoms with E-state index in [1.165, 1.54) is 4.57 Å². The maximum absolute atomic E-state index is 15.1. The number of nitrogens with zero attached hydrogens (tertiary/aromatic N) is 5. The molecule has 1 aromatic carbocycles. The van der Waals surface area contributed by atoms with E-state index in [4.69, 9.17) is 11.6 Å². The number of anilines is 2. The van der Waals surface area contributed by atoms with E-state index in [1.54, 1.807) is 14.0 Å². The molecule has 2 aliphatic heterocycles. The minimum absolute atomic E-state index is 0.142. The summed E-state index contributed by atoms with van der Waals surface area (Å²) in [5.74, 6) is 0.0967. The van der Waals surface area contributed by atoms with Crippen molar-refractivity contribution in [2.45, 2.75) is 25.9 Å². The number of benzene rings is 1. The molecule has 8 heteroatoms. The van der Waals surface area contributed by atoms with Crippen LogP contribution in [0.25, 0.3) is 10.9 Å². The summed E-state index contributed by atoms with van der Waals surface area (Å²) >= 11 is 6.58. The maximum Gasteiger partial charge on any atom is 0.349 e. The Labute approximate surface area is 156 Å². The molecule has 0 radical (unpaired) electrons. The zero-order chi connectivity index (χ0) is 18.9. The van der Waals surface area contributed by atoms with Crippen molar-refractivity contribution >= 4 is 34.0 Å². The second-order valence-corrected chi connectivity index (χ2v) is 7.99. The van der Waals surface area contributed by atoms with Crippen LogP contribution in [0.5, 0.6) is 0 Å². The molecular formula is C18H23ClFN5O. The molecule has 1 fully saturated rings. The van der Waals surface area contributed by atoms with Crippen LogP contribution in [-0.4, -0.2) is 60.3 Å². The van der Waals surface area contributed by atoms with Crippen molar-refractivity contribution in [1.29, 1.82) is 0 Å². The fraction of sp³-hybridized carbons (Fsp3) is 0.556. The number of fused-ring (bicyclic) bond motifs is 2. The fourth-order valence-corrected chi connectivity index (χ4v) is 4.85.